The van der Waals surface area contributed by atoms with Crippen molar-refractivity contribution in [2.45, 2.75) is 44.4 Å². The number of hydrogen-bond acceptors (Lipinski definition) is 6. The maximum Gasteiger partial charge on any atom is 0.124 e. The first kappa shape index (κ1) is 33.8. The van der Waals surface area contributed by atoms with E-state index in [1.807, 2.05) is 24.3 Å². The van der Waals surface area contributed by atoms with Crippen molar-refractivity contribution in [1.29, 1.82) is 0 Å². The van der Waals surface area contributed by atoms with Gasteiger partial charge in [-0.1, -0.05) is 103 Å². The van der Waals surface area contributed by atoms with Gasteiger partial charge >= 0.3 is 0 Å². The van der Waals surface area contributed by atoms with Gasteiger partial charge in [0.15, 0.2) is 0 Å². The minimum Gasteiger partial charge on any atom is -0.496 e. The van der Waals surface area contributed by atoms with E-state index >= 15 is 0 Å². The lowest BCUT2D eigenvalue weighted by Gasteiger charge is -2.39. The average molecular weight is 668 g/mol. The smallest absolute Gasteiger partial charge is 0.124 e. The van der Waals surface area contributed by atoms with E-state index < -0.39 is 0 Å². The Morgan fingerprint density at radius 1 is 0.580 bits per heavy atom. The molecule has 2 unspecified atom stereocenters. The van der Waals surface area contributed by atoms with E-state index in [1.54, 1.807) is 7.11 Å². The van der Waals surface area contributed by atoms with Gasteiger partial charge < -0.3 is 29.0 Å². The molecule has 7 rings (SSSR count). The SMILES string of the molecule is COc1ccccc1COCCCOc1ccc(C2C(OCc3ccc4ccccc4c3)CNCC2OCc2ccc3ccccc3c2)cc1. The molecule has 0 radical (unpaired) electrons. The molecule has 6 aromatic rings. The molecule has 1 N–H and O–H groups in total. The summed E-state index contributed by atoms with van der Waals surface area (Å²) in [5.41, 5.74) is 4.56. The Hall–Kier alpha value is -4.72. The maximum atomic E-state index is 6.71. The topological polar surface area (TPSA) is 58.2 Å². The van der Waals surface area contributed by atoms with Gasteiger partial charge in [0, 0.05) is 31.0 Å². The molecule has 6 nitrogen and oxygen atoms in total. The Bertz CT molecular complexity index is 1880. The number of hydrogen-bond donors (Lipinski definition) is 1. The zero-order valence-corrected chi connectivity index (χ0v) is 28.6. The first-order valence-electron chi connectivity index (χ1n) is 17.6. The molecule has 0 bridgehead atoms. The zero-order valence-electron chi connectivity index (χ0n) is 28.6. The van der Waals surface area contributed by atoms with Gasteiger partial charge in [0.2, 0.25) is 0 Å². The fourth-order valence-corrected chi connectivity index (χ4v) is 6.82. The van der Waals surface area contributed by atoms with Crippen molar-refractivity contribution < 1.29 is 23.7 Å². The van der Waals surface area contributed by atoms with Crippen LogP contribution in [0.4, 0.5) is 0 Å². The van der Waals surface area contributed by atoms with Crippen molar-refractivity contribution >= 4 is 21.5 Å². The van der Waals surface area contributed by atoms with Crippen LogP contribution in [-0.2, 0) is 34.0 Å². The van der Waals surface area contributed by atoms with Crippen molar-refractivity contribution in [3.8, 4) is 11.5 Å². The molecule has 1 saturated heterocycles. The molecule has 1 fully saturated rings. The number of methoxy groups -OCH3 is 1. The second-order valence-corrected chi connectivity index (χ2v) is 12.9. The van der Waals surface area contributed by atoms with E-state index in [-0.39, 0.29) is 18.1 Å². The third kappa shape index (κ3) is 8.52. The summed E-state index contributed by atoms with van der Waals surface area (Å²) in [5.74, 6) is 1.74. The van der Waals surface area contributed by atoms with Crippen LogP contribution in [-0.4, -0.2) is 45.6 Å². The summed E-state index contributed by atoms with van der Waals surface area (Å²) in [6.45, 7) is 4.27. The van der Waals surface area contributed by atoms with Gasteiger partial charge in [-0.15, -0.1) is 0 Å². The summed E-state index contributed by atoms with van der Waals surface area (Å²) in [7, 11) is 1.68. The van der Waals surface area contributed by atoms with E-state index in [0.717, 1.165) is 47.7 Å². The predicted octanol–water partition coefficient (Wildman–Crippen LogP) is 8.84. The summed E-state index contributed by atoms with van der Waals surface area (Å²) in [4.78, 5) is 0. The molecule has 1 aliphatic heterocycles. The highest BCUT2D eigenvalue weighted by Crippen LogP contribution is 2.33. The zero-order chi connectivity index (χ0) is 34.0. The van der Waals surface area contributed by atoms with Crippen molar-refractivity contribution in [3.63, 3.8) is 0 Å². The molecule has 6 aromatic carbocycles. The summed E-state index contributed by atoms with van der Waals surface area (Å²) in [5, 5.41) is 8.51. The predicted molar refractivity (Wildman–Crippen MR) is 200 cm³/mol. The van der Waals surface area contributed by atoms with Gasteiger partial charge in [0.25, 0.3) is 0 Å². The van der Waals surface area contributed by atoms with Gasteiger partial charge in [-0.25, -0.2) is 0 Å². The fraction of sp³-hybridized carbons (Fsp3) is 0.273. The molecule has 0 amide bonds. The molecule has 256 valence electrons. The van der Waals surface area contributed by atoms with E-state index in [1.165, 1.54) is 27.1 Å². The quantitative estimate of drug-likeness (QED) is 0.111. The number of fused-ring (bicyclic) bond motifs is 2. The van der Waals surface area contributed by atoms with Gasteiger partial charge in [-0.3, -0.25) is 0 Å². The van der Waals surface area contributed by atoms with Crippen molar-refractivity contribution in [1.82, 2.24) is 5.32 Å². The largest absolute Gasteiger partial charge is 0.496 e. The number of piperidine rings is 1. The second kappa shape index (κ2) is 16.8. The van der Waals surface area contributed by atoms with Gasteiger partial charge in [-0.2, -0.15) is 0 Å². The Balaban J connectivity index is 1.000. The minimum atomic E-state index is -0.0658. The summed E-state index contributed by atoms with van der Waals surface area (Å²) in [6, 6.07) is 46.4. The molecule has 2 atom stereocenters. The van der Waals surface area contributed by atoms with E-state index in [2.05, 4.69) is 115 Å². The lowest BCUT2D eigenvalue weighted by molar-refractivity contribution is -0.0650. The molecule has 0 aromatic heterocycles. The third-order valence-electron chi connectivity index (χ3n) is 9.46. The highest BCUT2D eigenvalue weighted by molar-refractivity contribution is 5.83. The summed E-state index contributed by atoms with van der Waals surface area (Å²) in [6.07, 6.45) is 0.661. The van der Waals surface area contributed by atoms with Crippen LogP contribution in [0.15, 0.2) is 133 Å². The Kier molecular flexibility index (Phi) is 11.3. The highest BCUT2D eigenvalue weighted by Gasteiger charge is 2.36. The second-order valence-electron chi connectivity index (χ2n) is 12.9. The normalized spacial score (nSPS) is 17.6. The standard InChI is InChI=1S/C44H45NO5/c1-46-41-14-7-6-13-39(41)31-47-23-8-24-48-40-21-19-36(20-22-40)44-42(49-29-32-15-17-34-9-2-4-11-37(34)25-32)27-45-28-43(44)50-30-33-16-18-35-10-3-5-12-38(35)26-33/h2-7,9-22,25-26,42-45H,8,23-24,27-31H2,1H3. The Morgan fingerprint density at radius 3 is 1.78 bits per heavy atom. The highest BCUT2D eigenvalue weighted by atomic mass is 16.5. The van der Waals surface area contributed by atoms with E-state index in [0.29, 0.717) is 33.0 Å². The van der Waals surface area contributed by atoms with Crippen LogP contribution in [0.1, 0.15) is 34.6 Å². The lowest BCUT2D eigenvalue weighted by Crippen LogP contribution is -2.50. The van der Waals surface area contributed by atoms with Crippen LogP contribution in [0.25, 0.3) is 21.5 Å². The van der Waals surface area contributed by atoms with Gasteiger partial charge in [0.1, 0.15) is 11.5 Å². The van der Waals surface area contributed by atoms with Crippen LogP contribution in [0.2, 0.25) is 0 Å². The number of ether oxygens (including phenoxy) is 5. The van der Waals surface area contributed by atoms with Crippen LogP contribution in [0.5, 0.6) is 11.5 Å². The molecular formula is C44H45NO5. The number of para-hydroxylation sites is 1. The molecule has 1 aliphatic rings. The van der Waals surface area contributed by atoms with Crippen molar-refractivity contribution in [2.75, 3.05) is 33.4 Å². The van der Waals surface area contributed by atoms with E-state index in [4.69, 9.17) is 23.7 Å². The van der Waals surface area contributed by atoms with Crippen molar-refractivity contribution in [2.24, 2.45) is 0 Å². The number of rotatable bonds is 15. The van der Waals surface area contributed by atoms with Crippen molar-refractivity contribution in [3.05, 3.63) is 156 Å². The fourth-order valence-electron chi connectivity index (χ4n) is 6.82. The Labute approximate surface area is 294 Å². The molecule has 0 aliphatic carbocycles. The average Bonchev–Trinajstić information content (AvgIpc) is 3.17. The first-order valence-corrected chi connectivity index (χ1v) is 17.6. The lowest BCUT2D eigenvalue weighted by atomic mass is 9.85. The van der Waals surface area contributed by atoms with Crippen LogP contribution < -0.4 is 14.8 Å². The number of nitrogens with one attached hydrogen (secondary N) is 1. The van der Waals surface area contributed by atoms with E-state index in [9.17, 15) is 0 Å². The van der Waals surface area contributed by atoms with Gasteiger partial charge in [0.05, 0.1) is 52.4 Å². The molecule has 0 spiro atoms. The van der Waals surface area contributed by atoms with Gasteiger partial charge in [-0.05, 0) is 68.6 Å². The molecule has 0 saturated carbocycles. The molecule has 6 heteroatoms. The van der Waals surface area contributed by atoms with Crippen LogP contribution in [0, 0.1) is 0 Å². The monoisotopic (exact) mass is 667 g/mol. The molecule has 50 heavy (non-hydrogen) atoms. The number of benzene rings is 6. The molecular weight excluding hydrogens is 622 g/mol. The molecule has 1 heterocycles. The maximum absolute atomic E-state index is 6.71. The first-order chi connectivity index (χ1) is 24.7. The summed E-state index contributed by atoms with van der Waals surface area (Å²) >= 11 is 0. The van der Waals surface area contributed by atoms with Crippen LogP contribution >= 0.6 is 0 Å². The Morgan fingerprint density at radius 2 is 1.16 bits per heavy atom. The third-order valence-corrected chi connectivity index (χ3v) is 9.46. The summed E-state index contributed by atoms with van der Waals surface area (Å²) < 4.78 is 30.8. The minimum absolute atomic E-state index is 0.0505. The van der Waals surface area contributed by atoms with Crippen LogP contribution in [0.3, 0.4) is 0 Å².